The molecule has 1 aromatic carbocycles. The zero-order valence-corrected chi connectivity index (χ0v) is 19.4. The van der Waals surface area contributed by atoms with Crippen LogP contribution < -0.4 is 0 Å². The third-order valence-electron chi connectivity index (χ3n) is 6.51. The smallest absolute Gasteiger partial charge is 0.311 e. The van der Waals surface area contributed by atoms with Gasteiger partial charge >= 0.3 is 11.9 Å². The molecule has 2 aliphatic heterocycles. The van der Waals surface area contributed by atoms with Gasteiger partial charge in [-0.25, -0.2) is 0 Å². The molecule has 0 aliphatic carbocycles. The van der Waals surface area contributed by atoms with Crippen molar-refractivity contribution in [3.63, 3.8) is 0 Å². The first-order chi connectivity index (χ1) is 14.9. The molecule has 172 valence electrons. The monoisotopic (exact) mass is 430 g/mol. The summed E-state index contributed by atoms with van der Waals surface area (Å²) in [6.07, 6.45) is 7.20. The van der Waals surface area contributed by atoms with Crippen molar-refractivity contribution in [2.45, 2.75) is 84.6 Å². The van der Waals surface area contributed by atoms with Gasteiger partial charge in [-0.3, -0.25) is 19.4 Å². The van der Waals surface area contributed by atoms with E-state index in [9.17, 15) is 9.59 Å². The molecule has 0 radical (unpaired) electrons. The SMILES string of the molecule is Cc1ccc(CC(=O)OC(C)N2CCCCC2)cc1CC(=O)OC(C)N1CCCCC1. The number of hydrogen-bond acceptors (Lipinski definition) is 6. The Hall–Kier alpha value is -1.92. The number of aryl methyl sites for hydroxylation is 1. The van der Waals surface area contributed by atoms with Crippen LogP contribution in [0.3, 0.4) is 0 Å². The third kappa shape index (κ3) is 7.32. The van der Waals surface area contributed by atoms with E-state index in [1.165, 1.54) is 12.8 Å². The number of nitrogens with zero attached hydrogens (tertiary/aromatic N) is 2. The van der Waals surface area contributed by atoms with E-state index in [0.717, 1.165) is 68.6 Å². The molecule has 3 rings (SSSR count). The van der Waals surface area contributed by atoms with Gasteiger partial charge in [-0.1, -0.05) is 31.0 Å². The van der Waals surface area contributed by atoms with Gasteiger partial charge in [0.25, 0.3) is 0 Å². The molecule has 0 N–H and O–H groups in total. The van der Waals surface area contributed by atoms with Crippen molar-refractivity contribution >= 4 is 11.9 Å². The molecule has 2 aliphatic rings. The van der Waals surface area contributed by atoms with Gasteiger partial charge in [0.2, 0.25) is 0 Å². The molecule has 0 amide bonds. The molecule has 2 atom stereocenters. The van der Waals surface area contributed by atoms with Crippen molar-refractivity contribution in [3.05, 3.63) is 34.9 Å². The maximum absolute atomic E-state index is 12.5. The molecule has 6 heteroatoms. The van der Waals surface area contributed by atoms with Gasteiger partial charge < -0.3 is 9.47 Å². The van der Waals surface area contributed by atoms with Crippen LogP contribution in [0.15, 0.2) is 18.2 Å². The second kappa shape index (κ2) is 11.6. The molecule has 0 bridgehead atoms. The van der Waals surface area contributed by atoms with Gasteiger partial charge in [0.15, 0.2) is 12.5 Å². The molecule has 2 unspecified atom stereocenters. The van der Waals surface area contributed by atoms with Gasteiger partial charge in [0.1, 0.15) is 0 Å². The lowest BCUT2D eigenvalue weighted by Crippen LogP contribution is -2.40. The Labute approximate surface area is 186 Å². The Kier molecular flexibility index (Phi) is 8.90. The van der Waals surface area contributed by atoms with E-state index in [1.807, 2.05) is 39.0 Å². The largest absolute Gasteiger partial charge is 0.446 e. The van der Waals surface area contributed by atoms with E-state index < -0.39 is 0 Å². The normalized spacial score (nSPS) is 20.1. The highest BCUT2D eigenvalue weighted by molar-refractivity contribution is 5.75. The summed E-state index contributed by atoms with van der Waals surface area (Å²) in [5.74, 6) is -0.450. The molecule has 2 saturated heterocycles. The summed E-state index contributed by atoms with van der Waals surface area (Å²) in [5.41, 5.74) is 2.81. The zero-order chi connectivity index (χ0) is 22.2. The summed E-state index contributed by atoms with van der Waals surface area (Å²) in [5, 5.41) is 0. The average molecular weight is 431 g/mol. The first-order valence-electron chi connectivity index (χ1n) is 11.9. The fourth-order valence-corrected chi connectivity index (χ4v) is 4.52. The summed E-state index contributed by atoms with van der Waals surface area (Å²) in [7, 11) is 0. The second-order valence-electron chi connectivity index (χ2n) is 8.99. The molecule has 1 aromatic rings. The van der Waals surface area contributed by atoms with Gasteiger partial charge in [0, 0.05) is 26.2 Å². The number of carbonyl (C=O) groups is 2. The minimum Gasteiger partial charge on any atom is -0.446 e. The Morgan fingerprint density at radius 1 is 0.806 bits per heavy atom. The second-order valence-corrected chi connectivity index (χ2v) is 8.99. The predicted octanol–water partition coefficient (Wildman–Crippen LogP) is 3.83. The van der Waals surface area contributed by atoms with Crippen molar-refractivity contribution in [1.29, 1.82) is 0 Å². The molecule has 2 fully saturated rings. The van der Waals surface area contributed by atoms with Crippen molar-refractivity contribution in [2.75, 3.05) is 26.2 Å². The maximum Gasteiger partial charge on any atom is 0.311 e. The van der Waals surface area contributed by atoms with Crippen LogP contribution in [0.5, 0.6) is 0 Å². The number of piperidine rings is 2. The maximum atomic E-state index is 12.5. The lowest BCUT2D eigenvalue weighted by Gasteiger charge is -2.31. The number of benzene rings is 1. The first-order valence-corrected chi connectivity index (χ1v) is 11.9. The lowest BCUT2D eigenvalue weighted by molar-refractivity contribution is -0.158. The number of esters is 2. The van der Waals surface area contributed by atoms with E-state index in [0.29, 0.717) is 0 Å². The Morgan fingerprint density at radius 2 is 1.29 bits per heavy atom. The number of carbonyl (C=O) groups excluding carboxylic acids is 2. The van der Waals surface area contributed by atoms with Crippen LogP contribution in [0.4, 0.5) is 0 Å². The zero-order valence-electron chi connectivity index (χ0n) is 19.4. The Morgan fingerprint density at radius 3 is 1.81 bits per heavy atom. The van der Waals surface area contributed by atoms with Crippen molar-refractivity contribution in [3.8, 4) is 0 Å². The van der Waals surface area contributed by atoms with E-state index >= 15 is 0 Å². The van der Waals surface area contributed by atoms with Crippen molar-refractivity contribution in [1.82, 2.24) is 9.80 Å². The molecular weight excluding hydrogens is 392 g/mol. The third-order valence-corrected chi connectivity index (χ3v) is 6.51. The summed E-state index contributed by atoms with van der Waals surface area (Å²) < 4.78 is 11.3. The highest BCUT2D eigenvalue weighted by Gasteiger charge is 2.22. The van der Waals surface area contributed by atoms with Crippen LogP contribution in [0, 0.1) is 6.92 Å². The summed E-state index contributed by atoms with van der Waals surface area (Å²) in [4.78, 5) is 29.4. The molecule has 2 heterocycles. The highest BCUT2D eigenvalue weighted by Crippen LogP contribution is 2.17. The van der Waals surface area contributed by atoms with Gasteiger partial charge in [-0.15, -0.1) is 0 Å². The quantitative estimate of drug-likeness (QED) is 0.584. The fraction of sp³-hybridized carbons (Fsp3) is 0.680. The minimum absolute atomic E-state index is 0.191. The van der Waals surface area contributed by atoms with E-state index in [4.69, 9.17) is 9.47 Å². The molecule has 0 spiro atoms. The molecule has 6 nitrogen and oxygen atoms in total. The molecular formula is C25H38N2O4. The van der Waals surface area contributed by atoms with Crippen LogP contribution in [-0.4, -0.2) is 60.4 Å². The standard InChI is InChI=1S/C25H38N2O4/c1-19-10-11-22(17-24(28)30-20(2)26-12-6-4-7-13-26)16-23(19)18-25(29)31-21(3)27-14-8-5-9-15-27/h10-11,16,20-21H,4-9,12-15,17-18H2,1-3H3. The number of rotatable bonds is 8. The number of hydrogen-bond donors (Lipinski definition) is 0. The van der Waals surface area contributed by atoms with Gasteiger partial charge in [0.05, 0.1) is 12.8 Å². The van der Waals surface area contributed by atoms with Gasteiger partial charge in [-0.2, -0.15) is 0 Å². The van der Waals surface area contributed by atoms with Crippen LogP contribution in [0.25, 0.3) is 0 Å². The molecule has 0 aromatic heterocycles. The highest BCUT2D eigenvalue weighted by atomic mass is 16.6. The average Bonchev–Trinajstić information content (AvgIpc) is 2.77. The van der Waals surface area contributed by atoms with Crippen LogP contribution in [0.1, 0.15) is 69.1 Å². The van der Waals surface area contributed by atoms with Gasteiger partial charge in [-0.05, 0) is 63.1 Å². The summed E-state index contributed by atoms with van der Waals surface area (Å²) >= 11 is 0. The number of likely N-dealkylation sites (tertiary alicyclic amines) is 2. The van der Waals surface area contributed by atoms with Crippen molar-refractivity contribution in [2.24, 2.45) is 0 Å². The summed E-state index contributed by atoms with van der Waals surface area (Å²) in [6, 6.07) is 5.84. The lowest BCUT2D eigenvalue weighted by atomic mass is 10.0. The Bertz CT molecular complexity index is 739. The Balaban J connectivity index is 1.51. The minimum atomic E-state index is -0.228. The van der Waals surface area contributed by atoms with E-state index in [1.54, 1.807) is 0 Å². The van der Waals surface area contributed by atoms with Crippen LogP contribution in [-0.2, 0) is 31.9 Å². The molecule has 0 saturated carbocycles. The molecule has 31 heavy (non-hydrogen) atoms. The van der Waals surface area contributed by atoms with Crippen molar-refractivity contribution < 1.29 is 19.1 Å². The fourth-order valence-electron chi connectivity index (χ4n) is 4.52. The van der Waals surface area contributed by atoms with E-state index in [2.05, 4.69) is 9.80 Å². The van der Waals surface area contributed by atoms with Crippen LogP contribution in [0.2, 0.25) is 0 Å². The topological polar surface area (TPSA) is 59.1 Å². The number of ether oxygens (including phenoxy) is 2. The summed E-state index contributed by atoms with van der Waals surface area (Å²) in [6.45, 7) is 9.83. The van der Waals surface area contributed by atoms with Crippen LogP contribution >= 0.6 is 0 Å². The predicted molar refractivity (Wildman–Crippen MR) is 121 cm³/mol. The van der Waals surface area contributed by atoms with E-state index in [-0.39, 0.29) is 37.2 Å². The first kappa shape index (κ1) is 23.7.